The van der Waals surface area contributed by atoms with E-state index in [1.165, 1.54) is 27.7 Å². The smallest absolute Gasteiger partial charge is 0.456 e. The van der Waals surface area contributed by atoms with Crippen LogP contribution in [0, 0.1) is 0 Å². The standard InChI is InChI=1S/C24H25F6N3O3/c1-14-13-33-17(20(34)24(28,29)30)5-7-19(33)22(31(14)2)8-10-32(11-9-22)21(35)15-4-6-18(36-3)16(12-15)23(25,26)27/h4-7,12,14H,8-11,13H2,1-3H3/t14-/m0/s1. The number of alkyl halides is 6. The lowest BCUT2D eigenvalue weighted by Crippen LogP contribution is -2.59. The van der Waals surface area contributed by atoms with Crippen LogP contribution in [0.15, 0.2) is 30.3 Å². The number of fused-ring (bicyclic) bond motifs is 2. The van der Waals surface area contributed by atoms with Crippen LogP contribution in [0.5, 0.6) is 5.75 Å². The minimum absolute atomic E-state index is 0.133. The Hall–Kier alpha value is -3.02. The average Bonchev–Trinajstić information content (AvgIpc) is 3.24. The number of hydrogen-bond acceptors (Lipinski definition) is 4. The Balaban J connectivity index is 1.61. The van der Waals surface area contributed by atoms with Crippen LogP contribution >= 0.6 is 0 Å². The first-order valence-electron chi connectivity index (χ1n) is 11.3. The van der Waals surface area contributed by atoms with Crippen LogP contribution in [0.1, 0.15) is 51.9 Å². The highest BCUT2D eigenvalue weighted by Crippen LogP contribution is 2.44. The van der Waals surface area contributed by atoms with Crippen molar-refractivity contribution in [1.29, 1.82) is 0 Å². The van der Waals surface area contributed by atoms with E-state index in [1.807, 2.05) is 18.9 Å². The number of benzene rings is 1. The highest BCUT2D eigenvalue weighted by atomic mass is 19.4. The Morgan fingerprint density at radius 2 is 1.67 bits per heavy atom. The van der Waals surface area contributed by atoms with Gasteiger partial charge in [0.05, 0.1) is 23.9 Å². The van der Waals surface area contributed by atoms with Crippen molar-refractivity contribution in [3.63, 3.8) is 0 Å². The summed E-state index contributed by atoms with van der Waals surface area (Å²) < 4.78 is 85.8. The van der Waals surface area contributed by atoms with Crippen molar-refractivity contribution >= 4 is 11.7 Å². The molecular weight excluding hydrogens is 492 g/mol. The molecule has 1 saturated heterocycles. The predicted octanol–water partition coefficient (Wildman–Crippen LogP) is 4.73. The number of ketones is 1. The zero-order valence-corrected chi connectivity index (χ0v) is 19.8. The van der Waals surface area contributed by atoms with Crippen molar-refractivity contribution in [3.8, 4) is 5.75 Å². The van der Waals surface area contributed by atoms with Gasteiger partial charge < -0.3 is 14.2 Å². The summed E-state index contributed by atoms with van der Waals surface area (Å²) in [6.45, 7) is 2.40. The van der Waals surface area contributed by atoms with Gasteiger partial charge in [-0.05, 0) is 57.1 Å². The number of methoxy groups -OCH3 is 1. The molecule has 4 rings (SSSR count). The molecule has 0 saturated carbocycles. The number of amides is 1. The van der Waals surface area contributed by atoms with Gasteiger partial charge in [0.25, 0.3) is 11.7 Å². The molecule has 0 radical (unpaired) electrons. The largest absolute Gasteiger partial charge is 0.496 e. The molecule has 1 aromatic carbocycles. The number of likely N-dealkylation sites (N-methyl/N-ethyl adjacent to an activating group) is 1. The Morgan fingerprint density at radius 3 is 2.22 bits per heavy atom. The first-order valence-corrected chi connectivity index (χ1v) is 11.3. The molecule has 0 unspecified atom stereocenters. The molecule has 2 aromatic rings. The maximum Gasteiger partial charge on any atom is 0.456 e. The van der Waals surface area contributed by atoms with Gasteiger partial charge in [-0.15, -0.1) is 0 Å². The van der Waals surface area contributed by atoms with Crippen LogP contribution in [-0.2, 0) is 18.3 Å². The summed E-state index contributed by atoms with van der Waals surface area (Å²) in [7, 11) is 2.96. The number of Topliss-reactive ketones (excluding diaryl/α,β-unsaturated/α-hetero) is 1. The van der Waals surface area contributed by atoms with E-state index >= 15 is 0 Å². The number of nitrogens with zero attached hydrogens (tertiary/aromatic N) is 3. The van der Waals surface area contributed by atoms with E-state index in [0.717, 1.165) is 19.2 Å². The molecule has 1 amide bonds. The van der Waals surface area contributed by atoms with Crippen LogP contribution in [-0.4, -0.2) is 65.5 Å². The van der Waals surface area contributed by atoms with Gasteiger partial charge in [0, 0.05) is 36.9 Å². The maximum atomic E-state index is 13.4. The second-order valence-corrected chi connectivity index (χ2v) is 9.24. The van der Waals surface area contributed by atoms with Crippen LogP contribution < -0.4 is 4.74 Å². The number of hydrogen-bond donors (Lipinski definition) is 0. The van der Waals surface area contributed by atoms with Crippen molar-refractivity contribution in [1.82, 2.24) is 14.4 Å². The average molecular weight is 517 g/mol. The van der Waals surface area contributed by atoms with E-state index in [9.17, 15) is 35.9 Å². The third-order valence-electron chi connectivity index (χ3n) is 7.36. The van der Waals surface area contributed by atoms with Crippen LogP contribution in [0.2, 0.25) is 0 Å². The lowest BCUT2D eigenvalue weighted by atomic mass is 9.80. The third kappa shape index (κ3) is 4.25. The highest BCUT2D eigenvalue weighted by Gasteiger charge is 2.49. The van der Waals surface area contributed by atoms with Gasteiger partial charge in [0.2, 0.25) is 0 Å². The van der Waals surface area contributed by atoms with Gasteiger partial charge >= 0.3 is 12.4 Å². The Labute approximate surface area is 203 Å². The number of halogens is 6. The molecule has 1 spiro atoms. The van der Waals surface area contributed by atoms with Crippen molar-refractivity contribution in [3.05, 3.63) is 52.8 Å². The molecule has 1 atom stereocenters. The summed E-state index contributed by atoms with van der Waals surface area (Å²) in [6.07, 6.45) is -9.03. The molecular formula is C24H25F6N3O3. The normalized spacial score (nSPS) is 20.4. The topological polar surface area (TPSA) is 54.8 Å². The number of aromatic nitrogens is 1. The zero-order chi connectivity index (χ0) is 26.6. The molecule has 1 fully saturated rings. The number of likely N-dealkylation sites (tertiary alicyclic amines) is 1. The molecule has 6 nitrogen and oxygen atoms in total. The van der Waals surface area contributed by atoms with Crippen LogP contribution in [0.3, 0.4) is 0 Å². The highest BCUT2D eigenvalue weighted by molar-refractivity contribution is 5.99. The lowest BCUT2D eigenvalue weighted by molar-refractivity contribution is -0.138. The first kappa shape index (κ1) is 26.1. The molecule has 2 aliphatic heterocycles. The molecule has 0 N–H and O–H groups in total. The Morgan fingerprint density at radius 1 is 1.03 bits per heavy atom. The third-order valence-corrected chi connectivity index (χ3v) is 7.36. The minimum atomic E-state index is -5.00. The number of carbonyl (C=O) groups is 2. The van der Waals surface area contributed by atoms with Gasteiger partial charge in [0.15, 0.2) is 0 Å². The number of ether oxygens (including phenoxy) is 1. The monoisotopic (exact) mass is 517 g/mol. The second kappa shape index (κ2) is 8.82. The number of piperidine rings is 1. The predicted molar refractivity (Wildman–Crippen MR) is 117 cm³/mol. The zero-order valence-electron chi connectivity index (χ0n) is 19.8. The molecule has 0 bridgehead atoms. The second-order valence-electron chi connectivity index (χ2n) is 9.24. The van der Waals surface area contributed by atoms with E-state index in [2.05, 4.69) is 0 Å². The van der Waals surface area contributed by atoms with Gasteiger partial charge in [-0.1, -0.05) is 0 Å². The van der Waals surface area contributed by atoms with Gasteiger partial charge in [-0.2, -0.15) is 26.3 Å². The summed E-state index contributed by atoms with van der Waals surface area (Å²) in [4.78, 5) is 28.6. The van der Waals surface area contributed by atoms with Crippen molar-refractivity contribution < 1.29 is 40.7 Å². The van der Waals surface area contributed by atoms with E-state index in [4.69, 9.17) is 4.74 Å². The summed E-state index contributed by atoms with van der Waals surface area (Å²) in [5.41, 5.74) is -1.77. The lowest BCUT2D eigenvalue weighted by Gasteiger charge is -2.53. The fourth-order valence-electron chi connectivity index (χ4n) is 5.34. The van der Waals surface area contributed by atoms with Crippen molar-refractivity contribution in [2.45, 2.75) is 50.2 Å². The van der Waals surface area contributed by atoms with Gasteiger partial charge in [-0.3, -0.25) is 14.5 Å². The summed E-state index contributed by atoms with van der Waals surface area (Å²) in [5.74, 6) is -2.87. The summed E-state index contributed by atoms with van der Waals surface area (Å²) in [6, 6.07) is 5.66. The number of carbonyl (C=O) groups excluding carboxylic acids is 2. The fraction of sp³-hybridized carbons (Fsp3) is 0.500. The first-order chi connectivity index (χ1) is 16.7. The van der Waals surface area contributed by atoms with E-state index in [-0.39, 0.29) is 37.0 Å². The van der Waals surface area contributed by atoms with Gasteiger partial charge in [-0.25, -0.2) is 0 Å². The quantitative estimate of drug-likeness (QED) is 0.437. The Kier molecular flexibility index (Phi) is 6.39. The van der Waals surface area contributed by atoms with E-state index in [0.29, 0.717) is 18.5 Å². The molecule has 1 aromatic heterocycles. The Bertz CT molecular complexity index is 1180. The molecule has 2 aliphatic rings. The van der Waals surface area contributed by atoms with Crippen LogP contribution in [0.4, 0.5) is 26.3 Å². The molecule has 3 heterocycles. The number of rotatable bonds is 3. The van der Waals surface area contributed by atoms with Crippen molar-refractivity contribution in [2.24, 2.45) is 0 Å². The summed E-state index contributed by atoms with van der Waals surface area (Å²) >= 11 is 0. The summed E-state index contributed by atoms with van der Waals surface area (Å²) in [5, 5.41) is 0. The van der Waals surface area contributed by atoms with Crippen molar-refractivity contribution in [2.75, 3.05) is 27.2 Å². The molecule has 36 heavy (non-hydrogen) atoms. The molecule has 196 valence electrons. The minimum Gasteiger partial charge on any atom is -0.496 e. The van der Waals surface area contributed by atoms with E-state index in [1.54, 1.807) is 0 Å². The molecule has 0 aliphatic carbocycles. The SMILES string of the molecule is COc1ccc(C(=O)N2CCC3(CC2)c2ccc(C(=O)C(F)(F)F)n2C[C@H](C)N3C)cc1C(F)(F)F. The molecule has 12 heteroatoms. The van der Waals surface area contributed by atoms with Crippen LogP contribution in [0.25, 0.3) is 0 Å². The van der Waals surface area contributed by atoms with Gasteiger partial charge in [0.1, 0.15) is 5.75 Å². The fourth-order valence-corrected chi connectivity index (χ4v) is 5.34. The van der Waals surface area contributed by atoms with E-state index < -0.39 is 40.8 Å². The maximum absolute atomic E-state index is 13.4.